The number of para-hydroxylation sites is 1. The third kappa shape index (κ3) is 2.30. The molecule has 23 heavy (non-hydrogen) atoms. The summed E-state index contributed by atoms with van der Waals surface area (Å²) in [6.45, 7) is 4.85. The molecule has 2 aliphatic rings. The van der Waals surface area contributed by atoms with Crippen LogP contribution in [0.15, 0.2) is 24.3 Å². The van der Waals surface area contributed by atoms with E-state index in [9.17, 15) is 4.79 Å². The molecule has 5 nitrogen and oxygen atoms in total. The molecule has 4 rings (SSSR count). The lowest BCUT2D eigenvalue weighted by Crippen LogP contribution is -2.51. The molecule has 1 fully saturated rings. The number of amides is 2. The summed E-state index contributed by atoms with van der Waals surface area (Å²) < 4.78 is 6.26. The van der Waals surface area contributed by atoms with Gasteiger partial charge in [-0.25, -0.2) is 4.79 Å². The van der Waals surface area contributed by atoms with Crippen LogP contribution in [-0.4, -0.2) is 42.2 Å². The molecule has 2 aliphatic heterocycles. The van der Waals surface area contributed by atoms with Crippen molar-refractivity contribution in [1.29, 1.82) is 0 Å². The summed E-state index contributed by atoms with van der Waals surface area (Å²) in [6.07, 6.45) is 2.66. The minimum absolute atomic E-state index is 0.0371. The number of fused-ring (bicyclic) bond motifs is 4. The Morgan fingerprint density at radius 1 is 1.35 bits per heavy atom. The van der Waals surface area contributed by atoms with Crippen LogP contribution in [0.3, 0.4) is 0 Å². The zero-order chi connectivity index (χ0) is 15.9. The number of nitrogens with zero attached hydrogens (tertiary/aromatic N) is 1. The number of carbonyl (C=O) groups is 1. The van der Waals surface area contributed by atoms with Crippen molar-refractivity contribution < 1.29 is 9.53 Å². The third-order valence-electron chi connectivity index (χ3n) is 5.19. The van der Waals surface area contributed by atoms with Crippen LogP contribution in [0.5, 0.6) is 0 Å². The van der Waals surface area contributed by atoms with Gasteiger partial charge in [-0.1, -0.05) is 18.2 Å². The van der Waals surface area contributed by atoms with E-state index in [1.165, 1.54) is 22.2 Å². The molecule has 2 aromatic rings. The number of aromatic nitrogens is 1. The number of benzene rings is 1. The number of urea groups is 1. The smallest absolute Gasteiger partial charge is 0.317 e. The average Bonchev–Trinajstić information content (AvgIpc) is 2.96. The number of rotatable bonds is 1. The first-order chi connectivity index (χ1) is 11.2. The van der Waals surface area contributed by atoms with E-state index in [1.54, 1.807) is 0 Å². The molecular formula is C18H23N3O2. The monoisotopic (exact) mass is 313 g/mol. The number of carbonyl (C=O) groups excluding carboxylic acids is 1. The van der Waals surface area contributed by atoms with Gasteiger partial charge in [-0.05, 0) is 37.8 Å². The molecule has 0 radical (unpaired) electrons. The normalized spacial score (nSPS) is 19.8. The lowest BCUT2D eigenvalue weighted by atomic mass is 9.83. The first kappa shape index (κ1) is 14.6. The van der Waals surface area contributed by atoms with Crippen LogP contribution in [0.25, 0.3) is 10.9 Å². The van der Waals surface area contributed by atoms with Crippen LogP contribution >= 0.6 is 0 Å². The fourth-order valence-corrected chi connectivity index (χ4v) is 4.00. The molecule has 0 aliphatic carbocycles. The number of H-pyrrole nitrogens is 1. The zero-order valence-electron chi connectivity index (χ0n) is 13.5. The molecule has 0 bridgehead atoms. The molecule has 1 saturated heterocycles. The van der Waals surface area contributed by atoms with Gasteiger partial charge in [-0.2, -0.15) is 0 Å². The SMILES string of the molecule is CCNC(=O)N1CCC2(CC1)OCCc1c2[nH]c2ccccc12. The Labute approximate surface area is 136 Å². The topological polar surface area (TPSA) is 57.4 Å². The second kappa shape index (κ2) is 5.57. The number of likely N-dealkylation sites (tertiary alicyclic amines) is 1. The molecule has 0 unspecified atom stereocenters. The number of ether oxygens (including phenoxy) is 1. The van der Waals surface area contributed by atoms with Crippen molar-refractivity contribution in [2.75, 3.05) is 26.2 Å². The molecule has 2 amide bonds. The molecule has 5 heteroatoms. The van der Waals surface area contributed by atoms with Crippen LogP contribution < -0.4 is 5.32 Å². The summed E-state index contributed by atoms with van der Waals surface area (Å²) in [5.74, 6) is 0. The van der Waals surface area contributed by atoms with Crippen molar-refractivity contribution in [1.82, 2.24) is 15.2 Å². The second-order valence-corrected chi connectivity index (χ2v) is 6.44. The summed E-state index contributed by atoms with van der Waals surface area (Å²) in [5, 5.41) is 4.20. The lowest BCUT2D eigenvalue weighted by Gasteiger charge is -2.43. The Morgan fingerprint density at radius 2 is 2.13 bits per heavy atom. The first-order valence-corrected chi connectivity index (χ1v) is 8.50. The predicted octanol–water partition coefficient (Wildman–Crippen LogP) is 2.76. The summed E-state index contributed by atoms with van der Waals surface area (Å²) in [4.78, 5) is 17.5. The molecule has 3 heterocycles. The number of hydrogen-bond donors (Lipinski definition) is 2. The van der Waals surface area contributed by atoms with Crippen LogP contribution in [0.1, 0.15) is 31.0 Å². The van der Waals surface area contributed by atoms with E-state index in [4.69, 9.17) is 4.74 Å². The Bertz CT molecular complexity index is 729. The van der Waals surface area contributed by atoms with E-state index >= 15 is 0 Å². The van der Waals surface area contributed by atoms with E-state index in [0.29, 0.717) is 6.54 Å². The van der Waals surface area contributed by atoms with Gasteiger partial charge < -0.3 is 19.9 Å². The second-order valence-electron chi connectivity index (χ2n) is 6.44. The molecule has 122 valence electrons. The van der Waals surface area contributed by atoms with Gasteiger partial charge >= 0.3 is 6.03 Å². The summed E-state index contributed by atoms with van der Waals surface area (Å²) in [5.41, 5.74) is 3.57. The fraction of sp³-hybridized carbons (Fsp3) is 0.500. The van der Waals surface area contributed by atoms with Gasteiger partial charge in [0, 0.05) is 30.5 Å². The number of hydrogen-bond acceptors (Lipinski definition) is 2. The molecule has 1 aromatic carbocycles. The molecule has 2 N–H and O–H groups in total. The number of aromatic amines is 1. The predicted molar refractivity (Wildman–Crippen MR) is 89.5 cm³/mol. The highest BCUT2D eigenvalue weighted by Crippen LogP contribution is 2.43. The Balaban J connectivity index is 1.63. The van der Waals surface area contributed by atoms with Gasteiger partial charge in [0.15, 0.2) is 0 Å². The molecule has 0 saturated carbocycles. The molecule has 1 spiro atoms. The fourth-order valence-electron chi connectivity index (χ4n) is 4.00. The molecule has 0 atom stereocenters. The summed E-state index contributed by atoms with van der Waals surface area (Å²) in [6, 6.07) is 8.51. The van der Waals surface area contributed by atoms with E-state index < -0.39 is 0 Å². The van der Waals surface area contributed by atoms with Gasteiger partial charge in [-0.15, -0.1) is 0 Å². The van der Waals surface area contributed by atoms with E-state index in [0.717, 1.165) is 39.0 Å². The Morgan fingerprint density at radius 3 is 2.91 bits per heavy atom. The van der Waals surface area contributed by atoms with E-state index in [1.807, 2.05) is 11.8 Å². The van der Waals surface area contributed by atoms with Gasteiger partial charge in [-0.3, -0.25) is 0 Å². The molecular weight excluding hydrogens is 290 g/mol. The quantitative estimate of drug-likeness (QED) is 0.850. The van der Waals surface area contributed by atoms with Crippen LogP contribution in [-0.2, 0) is 16.8 Å². The van der Waals surface area contributed by atoms with Gasteiger partial charge in [0.1, 0.15) is 5.60 Å². The first-order valence-electron chi connectivity index (χ1n) is 8.50. The Kier molecular flexibility index (Phi) is 3.53. The highest BCUT2D eigenvalue weighted by atomic mass is 16.5. The van der Waals surface area contributed by atoms with Crippen molar-refractivity contribution in [2.45, 2.75) is 31.8 Å². The number of nitrogens with one attached hydrogen (secondary N) is 2. The largest absolute Gasteiger partial charge is 0.368 e. The third-order valence-corrected chi connectivity index (χ3v) is 5.19. The highest BCUT2D eigenvalue weighted by Gasteiger charge is 2.43. The minimum atomic E-state index is -0.254. The average molecular weight is 313 g/mol. The summed E-state index contributed by atoms with van der Waals surface area (Å²) >= 11 is 0. The zero-order valence-corrected chi connectivity index (χ0v) is 13.5. The van der Waals surface area contributed by atoms with Crippen molar-refractivity contribution >= 4 is 16.9 Å². The van der Waals surface area contributed by atoms with Crippen molar-refractivity contribution in [2.24, 2.45) is 0 Å². The molecule has 1 aromatic heterocycles. The Hall–Kier alpha value is -2.01. The van der Waals surface area contributed by atoms with Gasteiger partial charge in [0.2, 0.25) is 0 Å². The van der Waals surface area contributed by atoms with Crippen LogP contribution in [0, 0.1) is 0 Å². The highest BCUT2D eigenvalue weighted by molar-refractivity contribution is 5.85. The standard InChI is InChI=1S/C18H23N3O2/c1-2-19-17(22)21-10-8-18(9-11-21)16-14(7-12-23-18)13-5-3-4-6-15(13)20-16/h3-6,20H,2,7-12H2,1H3,(H,19,22). The van der Waals surface area contributed by atoms with E-state index in [2.05, 4.69) is 34.6 Å². The maximum Gasteiger partial charge on any atom is 0.317 e. The van der Waals surface area contributed by atoms with Crippen LogP contribution in [0.2, 0.25) is 0 Å². The van der Waals surface area contributed by atoms with Crippen LogP contribution in [0.4, 0.5) is 4.79 Å². The lowest BCUT2D eigenvalue weighted by molar-refractivity contribution is -0.0948. The minimum Gasteiger partial charge on any atom is -0.368 e. The van der Waals surface area contributed by atoms with Gasteiger partial charge in [0.25, 0.3) is 0 Å². The van der Waals surface area contributed by atoms with Gasteiger partial charge in [0.05, 0.1) is 12.3 Å². The van der Waals surface area contributed by atoms with Crippen molar-refractivity contribution in [3.63, 3.8) is 0 Å². The maximum absolute atomic E-state index is 12.0. The summed E-state index contributed by atoms with van der Waals surface area (Å²) in [7, 11) is 0. The van der Waals surface area contributed by atoms with Crippen molar-refractivity contribution in [3.8, 4) is 0 Å². The van der Waals surface area contributed by atoms with Crippen molar-refractivity contribution in [3.05, 3.63) is 35.5 Å². The maximum atomic E-state index is 12.0. The number of piperidine rings is 1. The van der Waals surface area contributed by atoms with E-state index in [-0.39, 0.29) is 11.6 Å².